The predicted molar refractivity (Wildman–Crippen MR) is 77.7 cm³/mol. The van der Waals surface area contributed by atoms with Gasteiger partial charge < -0.3 is 60.5 Å². The molecule has 148 valence electrons. The smallest absolute Gasteiger partial charge is 0.267 e. The first-order valence-corrected chi connectivity index (χ1v) is 8.02. The Morgan fingerprint density at radius 3 is 1.68 bits per heavy atom. The van der Waals surface area contributed by atoms with Crippen molar-refractivity contribution in [1.29, 1.82) is 0 Å². The Kier molecular flexibility index (Phi) is 5.85. The van der Waals surface area contributed by atoms with Crippen molar-refractivity contribution in [3.63, 3.8) is 0 Å². The van der Waals surface area contributed by atoms with Gasteiger partial charge in [0, 0.05) is 0 Å². The molecule has 0 amide bonds. The second-order valence-corrected chi connectivity index (χ2v) is 7.26. The Morgan fingerprint density at radius 1 is 0.720 bits per heavy atom. The Morgan fingerprint density at radius 2 is 1.20 bits per heavy atom. The molecule has 0 aromatic carbocycles. The fourth-order valence-electron chi connectivity index (χ4n) is 2.92. The van der Waals surface area contributed by atoms with Crippen molar-refractivity contribution in [3.05, 3.63) is 0 Å². The number of rotatable bonds is 3. The molecule has 2 heterocycles. The van der Waals surface area contributed by atoms with Crippen LogP contribution in [0.15, 0.2) is 0 Å². The summed E-state index contributed by atoms with van der Waals surface area (Å²) in [7, 11) is 0. The fourth-order valence-corrected chi connectivity index (χ4v) is 3.56. The lowest BCUT2D eigenvalue weighted by Crippen LogP contribution is -2.84. The fraction of sp³-hybridized carbons (Fsp3) is 1.00. The quantitative estimate of drug-likeness (QED) is 0.187. The lowest BCUT2D eigenvalue weighted by atomic mass is 9.80. The number of aliphatic hydroxyl groups excluding tert-OH is 7. The molecule has 0 radical (unpaired) electrons. The maximum Gasteiger partial charge on any atom is 0.267 e. The van der Waals surface area contributed by atoms with E-state index in [9.17, 15) is 51.1 Å². The van der Waals surface area contributed by atoms with Crippen LogP contribution in [0.25, 0.3) is 0 Å². The summed E-state index contributed by atoms with van der Waals surface area (Å²) in [6.45, 7) is -1.96. The summed E-state index contributed by atoms with van der Waals surface area (Å²) in [6.07, 6.45) is -14.2. The normalized spacial score (nSPS) is 57.5. The summed E-state index contributed by atoms with van der Waals surface area (Å²) in [5, 5.41) is 99.7. The van der Waals surface area contributed by atoms with Gasteiger partial charge >= 0.3 is 0 Å². The highest BCUT2D eigenvalue weighted by molar-refractivity contribution is 9.10. The topological polar surface area (TPSA) is 221 Å². The molecular weight excluding hydrogens is 416 g/mol. The summed E-state index contributed by atoms with van der Waals surface area (Å²) in [5.74, 6) is -6.88. The van der Waals surface area contributed by atoms with Crippen molar-refractivity contribution >= 4 is 15.9 Å². The molecule has 2 aliphatic rings. The molecule has 0 aromatic heterocycles. The van der Waals surface area contributed by atoms with Gasteiger partial charge in [-0.25, -0.2) is 0 Å². The van der Waals surface area contributed by atoms with E-state index in [0.717, 1.165) is 0 Å². The molecule has 2 rings (SSSR count). The van der Waals surface area contributed by atoms with E-state index < -0.39 is 72.0 Å². The standard InChI is InChI=1S/C12H21BrO12/c13-10(21)8(19)6(17)4(2-15)25-12(10,23)11(22)9(20)7(18)5(16)3(1-14)24-11/h3-9,14-23H,1-2H2/t3-,4-,5-,6-,7+,8+,9-,10+,11?,12?/m1/s1. The zero-order valence-corrected chi connectivity index (χ0v) is 14.2. The lowest BCUT2D eigenvalue weighted by Gasteiger charge is -2.58. The molecule has 2 unspecified atom stereocenters. The Hall–Kier alpha value is 0.0000000000000000139. The molecule has 10 atom stereocenters. The number of halogens is 1. The molecule has 2 saturated heterocycles. The summed E-state index contributed by atoms with van der Waals surface area (Å²) in [4.78, 5) is 0. The van der Waals surface area contributed by atoms with Gasteiger partial charge in [0.2, 0.25) is 4.51 Å². The first kappa shape index (κ1) is 21.3. The van der Waals surface area contributed by atoms with Crippen LogP contribution in [0.1, 0.15) is 0 Å². The minimum Gasteiger partial charge on any atom is -0.394 e. The number of hydrogen-bond donors (Lipinski definition) is 10. The maximum atomic E-state index is 10.7. The molecule has 0 saturated carbocycles. The zero-order valence-electron chi connectivity index (χ0n) is 12.6. The molecule has 2 fully saturated rings. The van der Waals surface area contributed by atoms with E-state index in [0.29, 0.717) is 0 Å². The van der Waals surface area contributed by atoms with Crippen molar-refractivity contribution in [2.24, 2.45) is 0 Å². The average molecular weight is 437 g/mol. The van der Waals surface area contributed by atoms with Crippen LogP contribution in [0.3, 0.4) is 0 Å². The third kappa shape index (κ3) is 2.84. The van der Waals surface area contributed by atoms with Crippen molar-refractivity contribution in [3.8, 4) is 0 Å². The van der Waals surface area contributed by atoms with Crippen LogP contribution in [-0.4, -0.2) is 123 Å². The predicted octanol–water partition coefficient (Wildman–Crippen LogP) is -5.97. The Labute approximate surface area is 149 Å². The van der Waals surface area contributed by atoms with E-state index in [4.69, 9.17) is 9.47 Å². The van der Waals surface area contributed by atoms with E-state index >= 15 is 0 Å². The van der Waals surface area contributed by atoms with Gasteiger partial charge in [-0.3, -0.25) is 0 Å². The van der Waals surface area contributed by atoms with Crippen molar-refractivity contribution < 1.29 is 60.5 Å². The highest BCUT2D eigenvalue weighted by Crippen LogP contribution is 2.50. The van der Waals surface area contributed by atoms with Gasteiger partial charge in [-0.05, 0) is 15.9 Å². The van der Waals surface area contributed by atoms with Crippen molar-refractivity contribution in [1.82, 2.24) is 0 Å². The zero-order chi connectivity index (χ0) is 19.4. The Balaban J connectivity index is 2.54. The molecule has 0 bridgehead atoms. The van der Waals surface area contributed by atoms with Crippen LogP contribution in [0.4, 0.5) is 0 Å². The van der Waals surface area contributed by atoms with Crippen LogP contribution in [0, 0.1) is 0 Å². The molecule has 10 N–H and O–H groups in total. The molecule has 0 aromatic rings. The second kappa shape index (κ2) is 6.87. The van der Waals surface area contributed by atoms with Gasteiger partial charge in [-0.15, -0.1) is 0 Å². The monoisotopic (exact) mass is 436 g/mol. The van der Waals surface area contributed by atoms with Gasteiger partial charge in [0.25, 0.3) is 11.6 Å². The van der Waals surface area contributed by atoms with Crippen molar-refractivity contribution in [2.75, 3.05) is 13.2 Å². The number of aliphatic hydroxyl groups is 10. The number of hydrogen-bond acceptors (Lipinski definition) is 12. The van der Waals surface area contributed by atoms with Crippen LogP contribution in [0.5, 0.6) is 0 Å². The second-order valence-electron chi connectivity index (χ2n) is 6.05. The molecule has 2 aliphatic heterocycles. The summed E-state index contributed by atoms with van der Waals surface area (Å²) in [5.41, 5.74) is 0. The van der Waals surface area contributed by atoms with E-state index in [2.05, 4.69) is 15.9 Å². The van der Waals surface area contributed by atoms with Crippen molar-refractivity contribution in [2.45, 2.75) is 58.8 Å². The largest absolute Gasteiger partial charge is 0.394 e. The third-order valence-electron chi connectivity index (χ3n) is 4.53. The molecule has 0 aliphatic carbocycles. The highest BCUT2D eigenvalue weighted by atomic mass is 79.9. The first-order chi connectivity index (χ1) is 11.4. The van der Waals surface area contributed by atoms with Gasteiger partial charge in [0.1, 0.15) is 42.7 Å². The average Bonchev–Trinajstić information content (AvgIpc) is 2.57. The van der Waals surface area contributed by atoms with Gasteiger partial charge in [0.05, 0.1) is 13.2 Å². The first-order valence-electron chi connectivity index (χ1n) is 7.22. The van der Waals surface area contributed by atoms with Crippen LogP contribution >= 0.6 is 15.9 Å². The van der Waals surface area contributed by atoms with Crippen LogP contribution in [0.2, 0.25) is 0 Å². The van der Waals surface area contributed by atoms with Gasteiger partial charge in [-0.1, -0.05) is 0 Å². The number of ether oxygens (including phenoxy) is 2. The SMILES string of the molecule is OC[C@H]1OC(O)(C2(O)O[C@H](CO)[C@@H](O)[C@H](O)[C@H]2O)[C@](O)(Br)[C@@H](O)[C@@H]1O. The molecule has 0 spiro atoms. The van der Waals surface area contributed by atoms with Crippen LogP contribution < -0.4 is 0 Å². The van der Waals surface area contributed by atoms with Crippen LogP contribution in [-0.2, 0) is 9.47 Å². The molecular formula is C12H21BrO12. The highest BCUT2D eigenvalue weighted by Gasteiger charge is 2.76. The summed E-state index contributed by atoms with van der Waals surface area (Å²) < 4.78 is 6.71. The number of alkyl halides is 1. The van der Waals surface area contributed by atoms with E-state index in [1.165, 1.54) is 0 Å². The molecule has 13 heteroatoms. The maximum absolute atomic E-state index is 10.7. The summed E-state index contributed by atoms with van der Waals surface area (Å²) >= 11 is 2.48. The van der Waals surface area contributed by atoms with E-state index in [-0.39, 0.29) is 0 Å². The van der Waals surface area contributed by atoms with E-state index in [1.807, 2.05) is 0 Å². The lowest BCUT2D eigenvalue weighted by molar-refractivity contribution is -0.495. The minimum absolute atomic E-state index is 0.974. The van der Waals surface area contributed by atoms with E-state index in [1.54, 1.807) is 0 Å². The Bertz CT molecular complexity index is 491. The van der Waals surface area contributed by atoms with Gasteiger partial charge in [0.15, 0.2) is 0 Å². The molecule has 12 nitrogen and oxygen atoms in total. The molecule has 25 heavy (non-hydrogen) atoms. The van der Waals surface area contributed by atoms with Gasteiger partial charge in [-0.2, -0.15) is 0 Å². The summed E-state index contributed by atoms with van der Waals surface area (Å²) in [6, 6.07) is 0. The minimum atomic E-state index is -3.47. The third-order valence-corrected chi connectivity index (χ3v) is 5.53.